The monoisotopic (exact) mass is 410 g/mol. The fourth-order valence-corrected chi connectivity index (χ4v) is 3.65. The maximum Gasteiger partial charge on any atom is 0.259 e. The van der Waals surface area contributed by atoms with E-state index in [0.29, 0.717) is 34.4 Å². The van der Waals surface area contributed by atoms with Crippen molar-refractivity contribution in [3.63, 3.8) is 0 Å². The molecule has 0 aliphatic carbocycles. The largest absolute Gasteiger partial charge is 0.352 e. The number of hydrogen-bond acceptors (Lipinski definition) is 5. The van der Waals surface area contributed by atoms with E-state index < -0.39 is 0 Å². The van der Waals surface area contributed by atoms with Gasteiger partial charge in [-0.1, -0.05) is 28.9 Å². The number of carbonyl (C=O) groups is 1. The molecule has 1 aliphatic heterocycles. The lowest BCUT2D eigenvalue weighted by atomic mass is 10.1. The maximum atomic E-state index is 12.7. The van der Waals surface area contributed by atoms with Crippen molar-refractivity contribution >= 4 is 17.5 Å². The number of hydrogen-bond donors (Lipinski definition) is 1. The Balaban J connectivity index is 1.43. The van der Waals surface area contributed by atoms with Crippen LogP contribution < -0.4 is 5.32 Å². The van der Waals surface area contributed by atoms with E-state index in [9.17, 15) is 4.79 Å². The number of nitrogens with one attached hydrogen (secondary N) is 1. The molecule has 29 heavy (non-hydrogen) atoms. The van der Waals surface area contributed by atoms with Crippen LogP contribution in [0.3, 0.4) is 0 Å². The summed E-state index contributed by atoms with van der Waals surface area (Å²) in [7, 11) is 0. The first kappa shape index (κ1) is 19.6. The van der Waals surface area contributed by atoms with Crippen molar-refractivity contribution in [3.8, 4) is 22.8 Å². The van der Waals surface area contributed by atoms with Crippen molar-refractivity contribution in [1.82, 2.24) is 20.4 Å². The Morgan fingerprint density at radius 2 is 1.86 bits per heavy atom. The van der Waals surface area contributed by atoms with Crippen LogP contribution in [-0.4, -0.2) is 47.1 Å². The van der Waals surface area contributed by atoms with Gasteiger partial charge in [0.25, 0.3) is 11.8 Å². The second-order valence-corrected chi connectivity index (χ2v) is 7.57. The second kappa shape index (κ2) is 9.20. The molecule has 0 saturated carbocycles. The third kappa shape index (κ3) is 4.83. The molecule has 0 radical (unpaired) electrons. The van der Waals surface area contributed by atoms with Gasteiger partial charge in [-0.3, -0.25) is 4.79 Å². The van der Waals surface area contributed by atoms with Crippen LogP contribution in [0.2, 0.25) is 5.02 Å². The SMILES string of the molecule is O=C(NCCCN1CCCC1)c1ccccc1-c1nc(-c2ccc(Cl)cc2)no1. The normalized spacial score (nSPS) is 14.2. The van der Waals surface area contributed by atoms with Gasteiger partial charge in [0.15, 0.2) is 0 Å². The molecule has 0 atom stereocenters. The lowest BCUT2D eigenvalue weighted by Crippen LogP contribution is -2.29. The first-order valence-electron chi connectivity index (χ1n) is 9.90. The molecule has 4 rings (SSSR count). The first-order chi connectivity index (χ1) is 14.2. The van der Waals surface area contributed by atoms with Gasteiger partial charge >= 0.3 is 0 Å². The van der Waals surface area contributed by atoms with Crippen molar-refractivity contribution in [3.05, 3.63) is 59.1 Å². The molecule has 0 unspecified atom stereocenters. The molecule has 3 aromatic rings. The number of nitrogens with zero attached hydrogens (tertiary/aromatic N) is 3. The zero-order valence-electron chi connectivity index (χ0n) is 16.1. The summed E-state index contributed by atoms with van der Waals surface area (Å²) in [5.41, 5.74) is 1.95. The Hall–Kier alpha value is -2.70. The van der Waals surface area contributed by atoms with E-state index in [4.69, 9.17) is 16.1 Å². The van der Waals surface area contributed by atoms with Gasteiger partial charge in [0.1, 0.15) is 0 Å². The van der Waals surface area contributed by atoms with Crippen LogP contribution in [0.1, 0.15) is 29.6 Å². The van der Waals surface area contributed by atoms with E-state index >= 15 is 0 Å². The zero-order chi connectivity index (χ0) is 20.1. The maximum absolute atomic E-state index is 12.7. The fraction of sp³-hybridized carbons (Fsp3) is 0.318. The molecule has 2 heterocycles. The molecule has 1 saturated heterocycles. The van der Waals surface area contributed by atoms with Crippen LogP contribution in [0.4, 0.5) is 0 Å². The second-order valence-electron chi connectivity index (χ2n) is 7.13. The minimum absolute atomic E-state index is 0.131. The molecule has 1 amide bonds. The third-order valence-corrected chi connectivity index (χ3v) is 5.32. The van der Waals surface area contributed by atoms with Crippen LogP contribution in [0, 0.1) is 0 Å². The molecule has 150 valence electrons. The molecule has 7 heteroatoms. The Morgan fingerprint density at radius 3 is 2.66 bits per heavy atom. The van der Waals surface area contributed by atoms with Crippen LogP contribution in [0.15, 0.2) is 53.1 Å². The summed E-state index contributed by atoms with van der Waals surface area (Å²) in [5, 5.41) is 7.70. The molecular formula is C22H23ClN4O2. The number of rotatable bonds is 7. The number of carbonyl (C=O) groups excluding carboxylic acids is 1. The lowest BCUT2D eigenvalue weighted by molar-refractivity contribution is 0.0952. The Morgan fingerprint density at radius 1 is 1.10 bits per heavy atom. The Bertz CT molecular complexity index is 965. The van der Waals surface area contributed by atoms with Crippen LogP contribution in [0.25, 0.3) is 22.8 Å². The summed E-state index contributed by atoms with van der Waals surface area (Å²) in [6.07, 6.45) is 3.50. The first-order valence-corrected chi connectivity index (χ1v) is 10.3. The van der Waals surface area contributed by atoms with Crippen molar-refractivity contribution in [2.24, 2.45) is 0 Å². The van der Waals surface area contributed by atoms with E-state index in [1.54, 1.807) is 18.2 Å². The molecule has 1 aliphatic rings. The molecule has 1 N–H and O–H groups in total. The van der Waals surface area contributed by atoms with E-state index in [1.807, 2.05) is 30.3 Å². The summed E-state index contributed by atoms with van der Waals surface area (Å²) < 4.78 is 5.44. The van der Waals surface area contributed by atoms with Crippen LogP contribution in [0.5, 0.6) is 0 Å². The number of halogens is 1. The molecule has 1 aromatic heterocycles. The van der Waals surface area contributed by atoms with Gasteiger partial charge < -0.3 is 14.7 Å². The topological polar surface area (TPSA) is 71.3 Å². The minimum Gasteiger partial charge on any atom is -0.352 e. The summed E-state index contributed by atoms with van der Waals surface area (Å²) in [4.78, 5) is 19.6. The van der Waals surface area contributed by atoms with Gasteiger partial charge in [-0.15, -0.1) is 0 Å². The highest BCUT2D eigenvalue weighted by Gasteiger charge is 2.18. The predicted octanol–water partition coefficient (Wildman–Crippen LogP) is 4.27. The minimum atomic E-state index is -0.131. The standard InChI is InChI=1S/C22H23ClN4O2/c23-17-10-8-16(9-11-17)20-25-22(29-26-20)19-7-2-1-6-18(19)21(28)24-12-5-15-27-13-3-4-14-27/h1-2,6-11H,3-5,12-15H2,(H,24,28). The van der Waals surface area contributed by atoms with Crippen LogP contribution in [-0.2, 0) is 0 Å². The van der Waals surface area contributed by atoms with Crippen molar-refractivity contribution in [1.29, 1.82) is 0 Å². The zero-order valence-corrected chi connectivity index (χ0v) is 16.9. The lowest BCUT2D eigenvalue weighted by Gasteiger charge is -2.14. The molecule has 6 nitrogen and oxygen atoms in total. The molecular weight excluding hydrogens is 388 g/mol. The highest BCUT2D eigenvalue weighted by molar-refractivity contribution is 6.30. The molecule has 2 aromatic carbocycles. The quantitative estimate of drug-likeness (QED) is 0.589. The number of likely N-dealkylation sites (tertiary alicyclic amines) is 1. The summed E-state index contributed by atoms with van der Waals surface area (Å²) in [5.74, 6) is 0.642. The molecule has 1 fully saturated rings. The Labute approximate surface area is 174 Å². The van der Waals surface area contributed by atoms with E-state index in [-0.39, 0.29) is 5.91 Å². The number of benzene rings is 2. The summed E-state index contributed by atoms with van der Waals surface area (Å²) >= 11 is 5.93. The highest BCUT2D eigenvalue weighted by atomic mass is 35.5. The van der Waals surface area contributed by atoms with Gasteiger partial charge in [-0.25, -0.2) is 0 Å². The van der Waals surface area contributed by atoms with Crippen LogP contribution >= 0.6 is 11.6 Å². The van der Waals surface area contributed by atoms with Crippen molar-refractivity contribution < 1.29 is 9.32 Å². The highest BCUT2D eigenvalue weighted by Crippen LogP contribution is 2.26. The predicted molar refractivity (Wildman–Crippen MR) is 113 cm³/mol. The molecule has 0 spiro atoms. The van der Waals surface area contributed by atoms with Gasteiger partial charge in [0.2, 0.25) is 5.82 Å². The molecule has 0 bridgehead atoms. The number of amides is 1. The average molecular weight is 411 g/mol. The van der Waals surface area contributed by atoms with E-state index in [1.165, 1.54) is 25.9 Å². The Kier molecular flexibility index (Phi) is 6.22. The summed E-state index contributed by atoms with van der Waals surface area (Å²) in [6.45, 7) is 4.01. The third-order valence-electron chi connectivity index (χ3n) is 5.07. The summed E-state index contributed by atoms with van der Waals surface area (Å²) in [6, 6.07) is 14.5. The fourth-order valence-electron chi connectivity index (χ4n) is 3.52. The van der Waals surface area contributed by atoms with E-state index in [0.717, 1.165) is 18.5 Å². The van der Waals surface area contributed by atoms with Gasteiger partial charge in [-0.05, 0) is 75.3 Å². The van der Waals surface area contributed by atoms with Gasteiger partial charge in [0.05, 0.1) is 11.1 Å². The van der Waals surface area contributed by atoms with E-state index in [2.05, 4.69) is 20.4 Å². The smallest absolute Gasteiger partial charge is 0.259 e. The van der Waals surface area contributed by atoms with Crippen molar-refractivity contribution in [2.45, 2.75) is 19.3 Å². The average Bonchev–Trinajstić information content (AvgIpc) is 3.44. The van der Waals surface area contributed by atoms with Crippen molar-refractivity contribution in [2.75, 3.05) is 26.2 Å². The number of aromatic nitrogens is 2. The van der Waals surface area contributed by atoms with Gasteiger partial charge in [0, 0.05) is 17.1 Å². The van der Waals surface area contributed by atoms with Gasteiger partial charge in [-0.2, -0.15) is 4.98 Å².